The van der Waals surface area contributed by atoms with Crippen LogP contribution in [-0.2, 0) is 4.84 Å². The fourth-order valence-electron chi connectivity index (χ4n) is 0.404. The van der Waals surface area contributed by atoms with Crippen molar-refractivity contribution < 1.29 is 9.94 Å². The van der Waals surface area contributed by atoms with E-state index in [1.54, 1.807) is 0 Å². The van der Waals surface area contributed by atoms with Crippen molar-refractivity contribution in [1.82, 2.24) is 5.48 Å². The van der Waals surface area contributed by atoms with E-state index in [9.17, 15) is 0 Å². The third-order valence-corrected chi connectivity index (χ3v) is 1.21. The summed E-state index contributed by atoms with van der Waals surface area (Å²) in [5.41, 5.74) is 2.58. The largest absolute Gasteiger partial charge is 0.391 e. The van der Waals surface area contributed by atoms with Crippen molar-refractivity contribution in [2.24, 2.45) is 5.92 Å². The van der Waals surface area contributed by atoms with Crippen LogP contribution in [0.2, 0.25) is 0 Å². The Labute approximate surface area is 56.0 Å². The molecule has 0 aliphatic heterocycles. The highest BCUT2D eigenvalue weighted by Crippen LogP contribution is 1.97. The lowest BCUT2D eigenvalue weighted by Gasteiger charge is -2.13. The van der Waals surface area contributed by atoms with Gasteiger partial charge in [-0.25, -0.2) is 5.48 Å². The molecule has 0 heterocycles. The Hall–Kier alpha value is -0.120. The summed E-state index contributed by atoms with van der Waals surface area (Å²) < 4.78 is 0. The van der Waals surface area contributed by atoms with Crippen molar-refractivity contribution in [1.29, 1.82) is 0 Å². The van der Waals surface area contributed by atoms with Crippen molar-refractivity contribution >= 4 is 0 Å². The van der Waals surface area contributed by atoms with Gasteiger partial charge in [0.2, 0.25) is 0 Å². The summed E-state index contributed by atoms with van der Waals surface area (Å²) in [5, 5.41) is 9.12. The Balaban J connectivity index is 3.16. The molecule has 0 rings (SSSR count). The molecule has 0 radical (unpaired) electrons. The van der Waals surface area contributed by atoms with E-state index in [4.69, 9.17) is 5.11 Å². The maximum absolute atomic E-state index is 9.12. The standard InChI is InChI=1S/C6H15NO2/c1-5(2)6(8)4-7-9-3/h5-8H,4H2,1-3H3. The van der Waals surface area contributed by atoms with Crippen LogP contribution in [0, 0.1) is 5.92 Å². The number of aliphatic hydroxyl groups is 1. The molecule has 3 nitrogen and oxygen atoms in total. The van der Waals surface area contributed by atoms with Gasteiger partial charge >= 0.3 is 0 Å². The first-order chi connectivity index (χ1) is 4.18. The molecule has 9 heavy (non-hydrogen) atoms. The smallest absolute Gasteiger partial charge is 0.0710 e. The molecule has 0 fully saturated rings. The van der Waals surface area contributed by atoms with Crippen LogP contribution >= 0.6 is 0 Å². The van der Waals surface area contributed by atoms with Crippen LogP contribution in [0.3, 0.4) is 0 Å². The Morgan fingerprint density at radius 3 is 2.44 bits per heavy atom. The fraction of sp³-hybridized carbons (Fsp3) is 1.00. The Kier molecular flexibility index (Phi) is 4.67. The van der Waals surface area contributed by atoms with Gasteiger partial charge in [0.25, 0.3) is 0 Å². The third kappa shape index (κ3) is 4.39. The van der Waals surface area contributed by atoms with Crippen LogP contribution in [-0.4, -0.2) is 24.9 Å². The van der Waals surface area contributed by atoms with Crippen LogP contribution in [0.15, 0.2) is 0 Å². The lowest BCUT2D eigenvalue weighted by atomic mass is 10.1. The number of aliphatic hydroxyl groups excluding tert-OH is 1. The summed E-state index contributed by atoms with van der Waals surface area (Å²) >= 11 is 0. The van der Waals surface area contributed by atoms with Gasteiger partial charge in [0.1, 0.15) is 0 Å². The zero-order valence-corrected chi connectivity index (χ0v) is 6.22. The van der Waals surface area contributed by atoms with Crippen molar-refractivity contribution in [3.05, 3.63) is 0 Å². The zero-order chi connectivity index (χ0) is 7.28. The predicted molar refractivity (Wildman–Crippen MR) is 35.9 cm³/mol. The van der Waals surface area contributed by atoms with Gasteiger partial charge in [0.15, 0.2) is 0 Å². The van der Waals surface area contributed by atoms with E-state index < -0.39 is 0 Å². The van der Waals surface area contributed by atoms with E-state index in [-0.39, 0.29) is 12.0 Å². The second-order valence-corrected chi connectivity index (χ2v) is 2.36. The summed E-state index contributed by atoms with van der Waals surface area (Å²) in [5.74, 6) is 0.285. The lowest BCUT2D eigenvalue weighted by molar-refractivity contribution is 0.0341. The molecule has 56 valence electrons. The summed E-state index contributed by atoms with van der Waals surface area (Å²) in [7, 11) is 1.53. The molecule has 3 heteroatoms. The van der Waals surface area contributed by atoms with Gasteiger partial charge in [-0.3, -0.25) is 0 Å². The Bertz CT molecular complexity index is 66.1. The molecule has 0 aromatic heterocycles. The molecule has 0 aromatic carbocycles. The highest BCUT2D eigenvalue weighted by atomic mass is 16.6. The molecule has 1 unspecified atom stereocenters. The molecular weight excluding hydrogens is 118 g/mol. The minimum atomic E-state index is -0.315. The van der Waals surface area contributed by atoms with E-state index in [1.165, 1.54) is 7.11 Å². The minimum absolute atomic E-state index is 0.285. The Morgan fingerprint density at radius 1 is 1.56 bits per heavy atom. The van der Waals surface area contributed by atoms with Crippen LogP contribution < -0.4 is 5.48 Å². The first-order valence-corrected chi connectivity index (χ1v) is 3.12. The Morgan fingerprint density at radius 2 is 2.11 bits per heavy atom. The van der Waals surface area contributed by atoms with Crippen molar-refractivity contribution in [2.45, 2.75) is 20.0 Å². The van der Waals surface area contributed by atoms with Crippen LogP contribution in [0.1, 0.15) is 13.8 Å². The molecule has 0 spiro atoms. The van der Waals surface area contributed by atoms with Gasteiger partial charge in [-0.15, -0.1) is 0 Å². The fourth-order valence-corrected chi connectivity index (χ4v) is 0.404. The van der Waals surface area contributed by atoms with E-state index in [0.717, 1.165) is 0 Å². The minimum Gasteiger partial charge on any atom is -0.391 e. The highest BCUT2D eigenvalue weighted by Gasteiger charge is 2.06. The number of rotatable bonds is 4. The molecule has 0 saturated carbocycles. The normalized spacial score (nSPS) is 14.3. The van der Waals surface area contributed by atoms with Crippen LogP contribution in [0.25, 0.3) is 0 Å². The van der Waals surface area contributed by atoms with Gasteiger partial charge < -0.3 is 9.94 Å². The quantitative estimate of drug-likeness (QED) is 0.536. The first-order valence-electron chi connectivity index (χ1n) is 3.12. The number of hydrogen-bond donors (Lipinski definition) is 2. The summed E-state index contributed by atoms with van der Waals surface area (Å²) in [6, 6.07) is 0. The lowest BCUT2D eigenvalue weighted by Crippen LogP contribution is -2.29. The van der Waals surface area contributed by atoms with Crippen LogP contribution in [0.4, 0.5) is 0 Å². The molecule has 2 N–H and O–H groups in total. The molecule has 0 aromatic rings. The predicted octanol–water partition coefficient (Wildman–Crippen LogP) is 0.154. The molecular formula is C6H15NO2. The summed E-state index contributed by atoms with van der Waals surface area (Å²) in [4.78, 5) is 4.55. The monoisotopic (exact) mass is 133 g/mol. The van der Waals surface area contributed by atoms with Gasteiger partial charge in [0.05, 0.1) is 13.2 Å². The van der Waals surface area contributed by atoms with Crippen molar-refractivity contribution in [2.75, 3.05) is 13.7 Å². The van der Waals surface area contributed by atoms with Crippen molar-refractivity contribution in [3.63, 3.8) is 0 Å². The highest BCUT2D eigenvalue weighted by molar-refractivity contribution is 4.59. The molecule has 1 atom stereocenters. The SMILES string of the molecule is CONCC(O)C(C)C. The van der Waals surface area contributed by atoms with Crippen LogP contribution in [0.5, 0.6) is 0 Å². The van der Waals surface area contributed by atoms with Gasteiger partial charge in [-0.2, -0.15) is 0 Å². The topological polar surface area (TPSA) is 41.5 Å². The van der Waals surface area contributed by atoms with Gasteiger partial charge in [-0.05, 0) is 5.92 Å². The molecule has 0 saturated heterocycles. The second kappa shape index (κ2) is 4.73. The molecule has 0 aliphatic rings. The van der Waals surface area contributed by atoms with E-state index >= 15 is 0 Å². The van der Waals surface area contributed by atoms with E-state index in [0.29, 0.717) is 6.54 Å². The molecule has 0 aliphatic carbocycles. The molecule has 0 bridgehead atoms. The number of hydroxylamine groups is 1. The summed E-state index contributed by atoms with van der Waals surface area (Å²) in [6.07, 6.45) is -0.315. The number of hydrogen-bond acceptors (Lipinski definition) is 3. The zero-order valence-electron chi connectivity index (χ0n) is 6.22. The van der Waals surface area contributed by atoms with Gasteiger partial charge in [0, 0.05) is 6.54 Å². The first kappa shape index (κ1) is 8.88. The van der Waals surface area contributed by atoms with E-state index in [2.05, 4.69) is 10.3 Å². The number of nitrogens with one attached hydrogen (secondary N) is 1. The second-order valence-electron chi connectivity index (χ2n) is 2.36. The molecule has 0 amide bonds. The average molecular weight is 133 g/mol. The third-order valence-electron chi connectivity index (χ3n) is 1.21. The van der Waals surface area contributed by atoms with Crippen molar-refractivity contribution in [3.8, 4) is 0 Å². The van der Waals surface area contributed by atoms with E-state index in [1.807, 2.05) is 13.8 Å². The maximum atomic E-state index is 9.12. The maximum Gasteiger partial charge on any atom is 0.0710 e. The summed E-state index contributed by atoms with van der Waals surface area (Å²) in [6.45, 7) is 4.41. The average Bonchev–Trinajstić information content (AvgIpc) is 1.82. The van der Waals surface area contributed by atoms with Gasteiger partial charge in [-0.1, -0.05) is 13.8 Å².